The van der Waals surface area contributed by atoms with Crippen LogP contribution < -0.4 is 9.47 Å². The van der Waals surface area contributed by atoms with Crippen LogP contribution in [0.5, 0.6) is 17.4 Å². The molecule has 106 valence electrons. The Balaban J connectivity index is 2.04. The lowest BCUT2D eigenvalue weighted by atomic mass is 10.2. The van der Waals surface area contributed by atoms with E-state index in [1.54, 1.807) is 13.3 Å². The fourth-order valence-corrected chi connectivity index (χ4v) is 2.96. The standard InChI is InChI=1S/C16H11Br2NO2/c1-20-10-5-6-15(14(18)9-10)21-16-12-3-2-4-13(17)11(12)7-8-19-16/h2-9H,1H3. The largest absolute Gasteiger partial charge is 0.497 e. The summed E-state index contributed by atoms with van der Waals surface area (Å²) in [6.45, 7) is 0. The normalized spacial score (nSPS) is 10.6. The number of hydrogen-bond donors (Lipinski definition) is 0. The van der Waals surface area contributed by atoms with Crippen molar-refractivity contribution in [2.24, 2.45) is 0 Å². The van der Waals surface area contributed by atoms with Gasteiger partial charge in [0.2, 0.25) is 5.88 Å². The predicted molar refractivity (Wildman–Crippen MR) is 90.2 cm³/mol. The minimum absolute atomic E-state index is 0.569. The molecule has 1 aromatic heterocycles. The van der Waals surface area contributed by atoms with E-state index in [1.807, 2.05) is 42.5 Å². The Morgan fingerprint density at radius 2 is 1.81 bits per heavy atom. The monoisotopic (exact) mass is 407 g/mol. The van der Waals surface area contributed by atoms with Crippen molar-refractivity contribution in [3.05, 3.63) is 57.6 Å². The van der Waals surface area contributed by atoms with Gasteiger partial charge in [-0.2, -0.15) is 0 Å². The molecule has 3 nitrogen and oxygen atoms in total. The van der Waals surface area contributed by atoms with Gasteiger partial charge in [0.1, 0.15) is 11.5 Å². The Kier molecular flexibility index (Phi) is 4.12. The maximum Gasteiger partial charge on any atom is 0.227 e. The molecule has 0 amide bonds. The van der Waals surface area contributed by atoms with Crippen LogP contribution in [0.15, 0.2) is 57.6 Å². The number of ether oxygens (including phenoxy) is 2. The third kappa shape index (κ3) is 2.89. The molecule has 0 radical (unpaired) electrons. The van der Waals surface area contributed by atoms with Gasteiger partial charge < -0.3 is 9.47 Å². The summed E-state index contributed by atoms with van der Waals surface area (Å²) in [6.07, 6.45) is 1.74. The Bertz CT molecular complexity index is 805. The highest BCUT2D eigenvalue weighted by molar-refractivity contribution is 9.11. The number of rotatable bonds is 3. The van der Waals surface area contributed by atoms with Crippen LogP contribution in [0, 0.1) is 0 Å². The van der Waals surface area contributed by atoms with E-state index in [-0.39, 0.29) is 0 Å². The van der Waals surface area contributed by atoms with Gasteiger partial charge in [0, 0.05) is 21.4 Å². The highest BCUT2D eigenvalue weighted by atomic mass is 79.9. The third-order valence-corrected chi connectivity index (χ3v) is 4.37. The van der Waals surface area contributed by atoms with Crippen LogP contribution >= 0.6 is 31.9 Å². The summed E-state index contributed by atoms with van der Waals surface area (Å²) in [5, 5.41) is 2.02. The highest BCUT2D eigenvalue weighted by Gasteiger charge is 2.09. The first-order chi connectivity index (χ1) is 10.2. The zero-order chi connectivity index (χ0) is 14.8. The van der Waals surface area contributed by atoms with Crippen LogP contribution in [0.4, 0.5) is 0 Å². The highest BCUT2D eigenvalue weighted by Crippen LogP contribution is 2.35. The fourth-order valence-electron chi connectivity index (χ4n) is 2.02. The van der Waals surface area contributed by atoms with E-state index in [9.17, 15) is 0 Å². The lowest BCUT2D eigenvalue weighted by Crippen LogP contribution is -1.91. The first kappa shape index (κ1) is 14.4. The van der Waals surface area contributed by atoms with Crippen molar-refractivity contribution in [1.29, 1.82) is 0 Å². The smallest absolute Gasteiger partial charge is 0.227 e. The Morgan fingerprint density at radius 3 is 2.57 bits per heavy atom. The number of hydrogen-bond acceptors (Lipinski definition) is 3. The van der Waals surface area contributed by atoms with Crippen molar-refractivity contribution in [2.75, 3.05) is 7.11 Å². The van der Waals surface area contributed by atoms with Gasteiger partial charge in [-0.3, -0.25) is 0 Å². The molecule has 0 N–H and O–H groups in total. The number of halogens is 2. The molecule has 3 rings (SSSR count). The molecule has 1 heterocycles. The van der Waals surface area contributed by atoms with E-state index in [4.69, 9.17) is 9.47 Å². The number of nitrogens with zero attached hydrogens (tertiary/aromatic N) is 1. The number of fused-ring (bicyclic) bond motifs is 1. The minimum Gasteiger partial charge on any atom is -0.497 e. The van der Waals surface area contributed by atoms with E-state index in [1.165, 1.54) is 0 Å². The summed E-state index contributed by atoms with van der Waals surface area (Å²) in [7, 11) is 1.63. The van der Waals surface area contributed by atoms with E-state index in [0.29, 0.717) is 11.6 Å². The molecule has 3 aromatic rings. The maximum atomic E-state index is 5.94. The Labute approximate surface area is 139 Å². The molecular formula is C16H11Br2NO2. The van der Waals surface area contributed by atoms with Crippen LogP contribution in [-0.2, 0) is 0 Å². The van der Waals surface area contributed by atoms with Gasteiger partial charge in [-0.05, 0) is 52.3 Å². The topological polar surface area (TPSA) is 31.4 Å². The second kappa shape index (κ2) is 6.03. The summed E-state index contributed by atoms with van der Waals surface area (Å²) in [5.41, 5.74) is 0. The van der Waals surface area contributed by atoms with Crippen LogP contribution in [0.2, 0.25) is 0 Å². The van der Waals surface area contributed by atoms with Crippen molar-refractivity contribution in [1.82, 2.24) is 4.98 Å². The molecule has 0 saturated carbocycles. The molecule has 2 aromatic carbocycles. The van der Waals surface area contributed by atoms with Crippen molar-refractivity contribution < 1.29 is 9.47 Å². The van der Waals surface area contributed by atoms with Gasteiger partial charge in [0.05, 0.1) is 11.6 Å². The molecule has 5 heteroatoms. The van der Waals surface area contributed by atoms with E-state index in [2.05, 4.69) is 36.8 Å². The van der Waals surface area contributed by atoms with Gasteiger partial charge in [-0.15, -0.1) is 0 Å². The summed E-state index contributed by atoms with van der Waals surface area (Å²) in [5.74, 6) is 2.03. The molecular weight excluding hydrogens is 398 g/mol. The van der Waals surface area contributed by atoms with Gasteiger partial charge in [0.15, 0.2) is 0 Å². The van der Waals surface area contributed by atoms with Crippen LogP contribution in [-0.4, -0.2) is 12.1 Å². The average molecular weight is 409 g/mol. The molecule has 0 atom stereocenters. The molecule has 0 unspecified atom stereocenters. The molecule has 0 aliphatic heterocycles. The Morgan fingerprint density at radius 1 is 0.952 bits per heavy atom. The summed E-state index contributed by atoms with van der Waals surface area (Å²) >= 11 is 7.02. The Hall–Kier alpha value is -1.59. The van der Waals surface area contributed by atoms with E-state index < -0.39 is 0 Å². The minimum atomic E-state index is 0.569. The van der Waals surface area contributed by atoms with Gasteiger partial charge in [-0.25, -0.2) is 4.98 Å². The SMILES string of the molecule is COc1ccc(Oc2nccc3c(Br)cccc23)c(Br)c1. The van der Waals surface area contributed by atoms with Gasteiger partial charge >= 0.3 is 0 Å². The molecule has 0 spiro atoms. The zero-order valence-electron chi connectivity index (χ0n) is 11.1. The van der Waals surface area contributed by atoms with Crippen LogP contribution in [0.25, 0.3) is 10.8 Å². The second-order valence-corrected chi connectivity index (χ2v) is 6.06. The summed E-state index contributed by atoms with van der Waals surface area (Å²) < 4.78 is 13.0. The average Bonchev–Trinajstić information content (AvgIpc) is 2.50. The summed E-state index contributed by atoms with van der Waals surface area (Å²) in [4.78, 5) is 4.33. The van der Waals surface area contributed by atoms with E-state index in [0.717, 1.165) is 25.5 Å². The summed E-state index contributed by atoms with van der Waals surface area (Å²) in [6, 6.07) is 13.5. The quantitative estimate of drug-likeness (QED) is 0.568. The molecule has 0 fully saturated rings. The third-order valence-electron chi connectivity index (χ3n) is 3.06. The molecule has 0 aliphatic rings. The molecule has 0 saturated heterocycles. The van der Waals surface area contributed by atoms with Gasteiger partial charge in [0.25, 0.3) is 0 Å². The van der Waals surface area contributed by atoms with Crippen LogP contribution in [0.3, 0.4) is 0 Å². The van der Waals surface area contributed by atoms with Crippen molar-refractivity contribution in [2.45, 2.75) is 0 Å². The maximum absolute atomic E-state index is 5.94. The number of pyridine rings is 1. The van der Waals surface area contributed by atoms with Crippen LogP contribution in [0.1, 0.15) is 0 Å². The first-order valence-corrected chi connectivity index (χ1v) is 7.82. The molecule has 0 bridgehead atoms. The molecule has 0 aliphatic carbocycles. The molecule has 21 heavy (non-hydrogen) atoms. The first-order valence-electron chi connectivity index (χ1n) is 6.23. The fraction of sp³-hybridized carbons (Fsp3) is 0.0625. The van der Waals surface area contributed by atoms with Crippen molar-refractivity contribution in [3.8, 4) is 17.4 Å². The second-order valence-electron chi connectivity index (χ2n) is 4.35. The van der Waals surface area contributed by atoms with E-state index >= 15 is 0 Å². The lowest BCUT2D eigenvalue weighted by molar-refractivity contribution is 0.411. The predicted octanol–water partition coefficient (Wildman–Crippen LogP) is 5.56. The van der Waals surface area contributed by atoms with Gasteiger partial charge in [-0.1, -0.05) is 22.0 Å². The zero-order valence-corrected chi connectivity index (χ0v) is 14.3. The lowest BCUT2D eigenvalue weighted by Gasteiger charge is -2.10. The number of aromatic nitrogens is 1. The van der Waals surface area contributed by atoms with Crippen molar-refractivity contribution in [3.63, 3.8) is 0 Å². The number of methoxy groups -OCH3 is 1. The number of benzene rings is 2. The van der Waals surface area contributed by atoms with Crippen molar-refractivity contribution >= 4 is 42.6 Å².